The van der Waals surface area contributed by atoms with E-state index in [1.807, 2.05) is 0 Å². The highest BCUT2D eigenvalue weighted by atomic mass is 19.2. The van der Waals surface area contributed by atoms with E-state index in [4.69, 9.17) is 10.5 Å². The predicted molar refractivity (Wildman–Crippen MR) is 68.1 cm³/mol. The normalized spacial score (nSPS) is 25.7. The van der Waals surface area contributed by atoms with E-state index < -0.39 is 29.2 Å². The minimum absolute atomic E-state index is 0.0502. The van der Waals surface area contributed by atoms with Gasteiger partial charge < -0.3 is 20.9 Å². The molecule has 4 N–H and O–H groups in total. The second kappa shape index (κ2) is 5.34. The summed E-state index contributed by atoms with van der Waals surface area (Å²) in [5, 5.41) is 12.7. The standard InChI is InChI=1S/C13H16F2N2O3/c1-7-13(19,2-3-20-7)6-17-12(18)8-4-9(14)10(15)5-11(8)16/h4-5,7,19H,2-3,6,16H2,1H3,(H,17,18). The zero-order chi connectivity index (χ0) is 14.9. The van der Waals surface area contributed by atoms with Crippen LogP contribution in [0, 0.1) is 11.6 Å². The summed E-state index contributed by atoms with van der Waals surface area (Å²) < 4.78 is 31.3. The Morgan fingerprint density at radius 3 is 2.80 bits per heavy atom. The van der Waals surface area contributed by atoms with Gasteiger partial charge in [0.2, 0.25) is 0 Å². The third-order valence-corrected chi connectivity index (χ3v) is 3.55. The fraction of sp³-hybridized carbons (Fsp3) is 0.462. The highest BCUT2D eigenvalue weighted by Gasteiger charge is 2.39. The molecule has 0 aromatic heterocycles. The number of hydrogen-bond donors (Lipinski definition) is 3. The first-order chi connectivity index (χ1) is 9.33. The first-order valence-corrected chi connectivity index (χ1v) is 6.20. The van der Waals surface area contributed by atoms with E-state index in [1.165, 1.54) is 0 Å². The molecule has 5 nitrogen and oxygen atoms in total. The summed E-state index contributed by atoms with van der Waals surface area (Å²) in [4.78, 5) is 11.9. The largest absolute Gasteiger partial charge is 0.398 e. The van der Waals surface area contributed by atoms with Crippen LogP contribution in [0.3, 0.4) is 0 Å². The molecule has 0 bridgehead atoms. The van der Waals surface area contributed by atoms with Crippen molar-refractivity contribution in [2.24, 2.45) is 0 Å². The second-order valence-electron chi connectivity index (χ2n) is 4.90. The number of carbonyl (C=O) groups excluding carboxylic acids is 1. The van der Waals surface area contributed by atoms with E-state index >= 15 is 0 Å². The van der Waals surface area contributed by atoms with Crippen LogP contribution in [0.2, 0.25) is 0 Å². The molecule has 110 valence electrons. The number of amides is 1. The second-order valence-corrected chi connectivity index (χ2v) is 4.90. The quantitative estimate of drug-likeness (QED) is 0.718. The minimum Gasteiger partial charge on any atom is -0.398 e. The van der Waals surface area contributed by atoms with E-state index in [-0.39, 0.29) is 17.8 Å². The van der Waals surface area contributed by atoms with Gasteiger partial charge >= 0.3 is 0 Å². The fourth-order valence-corrected chi connectivity index (χ4v) is 2.09. The summed E-state index contributed by atoms with van der Waals surface area (Å²) >= 11 is 0. The summed E-state index contributed by atoms with van der Waals surface area (Å²) in [6.45, 7) is 2.05. The molecule has 20 heavy (non-hydrogen) atoms. The molecule has 1 fully saturated rings. The number of nitrogen functional groups attached to an aromatic ring is 1. The molecule has 1 saturated heterocycles. The molecule has 2 unspecified atom stereocenters. The molecule has 1 amide bonds. The van der Waals surface area contributed by atoms with Crippen molar-refractivity contribution in [1.29, 1.82) is 0 Å². The molecule has 1 aromatic rings. The van der Waals surface area contributed by atoms with E-state index in [1.54, 1.807) is 6.92 Å². The van der Waals surface area contributed by atoms with E-state index in [0.717, 1.165) is 12.1 Å². The molecule has 1 heterocycles. The number of nitrogens with one attached hydrogen (secondary N) is 1. The van der Waals surface area contributed by atoms with E-state index in [0.29, 0.717) is 13.0 Å². The number of anilines is 1. The van der Waals surface area contributed by atoms with Crippen LogP contribution in [0.5, 0.6) is 0 Å². The van der Waals surface area contributed by atoms with Crippen LogP contribution >= 0.6 is 0 Å². The summed E-state index contributed by atoms with van der Waals surface area (Å²) in [5.74, 6) is -2.94. The Bertz CT molecular complexity index is 539. The minimum atomic E-state index is -1.16. The molecule has 2 rings (SSSR count). The molecule has 0 saturated carbocycles. The molecule has 0 spiro atoms. The van der Waals surface area contributed by atoms with Crippen molar-refractivity contribution in [3.63, 3.8) is 0 Å². The molecule has 0 aliphatic carbocycles. The Morgan fingerprint density at radius 1 is 1.55 bits per heavy atom. The number of rotatable bonds is 3. The van der Waals surface area contributed by atoms with Crippen molar-refractivity contribution in [2.45, 2.75) is 25.0 Å². The van der Waals surface area contributed by atoms with Crippen molar-refractivity contribution in [1.82, 2.24) is 5.32 Å². The number of hydrogen-bond acceptors (Lipinski definition) is 4. The van der Waals surface area contributed by atoms with Gasteiger partial charge in [0.05, 0.1) is 11.7 Å². The van der Waals surface area contributed by atoms with Gasteiger partial charge in [-0.05, 0) is 13.0 Å². The van der Waals surface area contributed by atoms with Crippen molar-refractivity contribution in [3.8, 4) is 0 Å². The molecule has 7 heteroatoms. The van der Waals surface area contributed by atoms with Crippen molar-refractivity contribution in [3.05, 3.63) is 29.3 Å². The third kappa shape index (κ3) is 2.73. The highest BCUT2D eigenvalue weighted by molar-refractivity contribution is 5.99. The van der Waals surface area contributed by atoms with Gasteiger partial charge in [0.25, 0.3) is 5.91 Å². The zero-order valence-corrected chi connectivity index (χ0v) is 11.0. The summed E-state index contributed by atoms with van der Waals surface area (Å²) in [7, 11) is 0. The predicted octanol–water partition coefficient (Wildman–Crippen LogP) is 0.817. The fourth-order valence-electron chi connectivity index (χ4n) is 2.09. The lowest BCUT2D eigenvalue weighted by Gasteiger charge is -2.26. The Hall–Kier alpha value is -1.73. The van der Waals surface area contributed by atoms with Gasteiger partial charge in [0.1, 0.15) is 5.60 Å². The maximum Gasteiger partial charge on any atom is 0.253 e. The molecule has 2 atom stereocenters. The van der Waals surface area contributed by atoms with Crippen LogP contribution in [-0.2, 0) is 4.74 Å². The number of nitrogens with two attached hydrogens (primary N) is 1. The van der Waals surface area contributed by atoms with Crippen LogP contribution in [0.4, 0.5) is 14.5 Å². The number of benzene rings is 1. The highest BCUT2D eigenvalue weighted by Crippen LogP contribution is 2.25. The van der Waals surface area contributed by atoms with Gasteiger partial charge in [0.15, 0.2) is 11.6 Å². The SMILES string of the molecule is CC1OCCC1(O)CNC(=O)c1cc(F)c(F)cc1N. The number of ether oxygens (including phenoxy) is 1. The summed E-state index contributed by atoms with van der Waals surface area (Å²) in [6.07, 6.45) is -0.0214. The van der Waals surface area contributed by atoms with Crippen LogP contribution in [-0.4, -0.2) is 35.9 Å². The van der Waals surface area contributed by atoms with Gasteiger partial charge in [-0.25, -0.2) is 8.78 Å². The van der Waals surface area contributed by atoms with Crippen molar-refractivity contribution in [2.75, 3.05) is 18.9 Å². The average Bonchev–Trinajstić information content (AvgIpc) is 2.72. The van der Waals surface area contributed by atoms with Crippen LogP contribution in [0.25, 0.3) is 0 Å². The topological polar surface area (TPSA) is 84.6 Å². The van der Waals surface area contributed by atoms with Crippen molar-refractivity contribution >= 4 is 11.6 Å². The van der Waals surface area contributed by atoms with Crippen LogP contribution in [0.1, 0.15) is 23.7 Å². The molecular weight excluding hydrogens is 270 g/mol. The lowest BCUT2D eigenvalue weighted by molar-refractivity contribution is -0.0251. The Morgan fingerprint density at radius 2 is 2.20 bits per heavy atom. The molecule has 0 radical (unpaired) electrons. The maximum absolute atomic E-state index is 13.1. The summed E-state index contributed by atoms with van der Waals surface area (Å²) in [5.41, 5.74) is 3.99. The van der Waals surface area contributed by atoms with Crippen molar-refractivity contribution < 1.29 is 23.4 Å². The van der Waals surface area contributed by atoms with Gasteiger partial charge in [-0.2, -0.15) is 0 Å². The molecule has 1 aliphatic heterocycles. The van der Waals surface area contributed by atoms with Gasteiger partial charge in [-0.15, -0.1) is 0 Å². The van der Waals surface area contributed by atoms with Gasteiger partial charge in [-0.1, -0.05) is 0 Å². The summed E-state index contributed by atoms with van der Waals surface area (Å²) in [6, 6.07) is 1.49. The van der Waals surface area contributed by atoms with E-state index in [9.17, 15) is 18.7 Å². The maximum atomic E-state index is 13.1. The molecular formula is C13H16F2N2O3. The Kier molecular flexibility index (Phi) is 3.92. The lowest BCUT2D eigenvalue weighted by Crippen LogP contribution is -2.47. The molecule has 1 aromatic carbocycles. The first kappa shape index (κ1) is 14.7. The Labute approximate surface area is 114 Å². The number of halogens is 2. The smallest absolute Gasteiger partial charge is 0.253 e. The van der Waals surface area contributed by atoms with Crippen LogP contribution in [0.15, 0.2) is 12.1 Å². The first-order valence-electron chi connectivity index (χ1n) is 6.20. The van der Waals surface area contributed by atoms with Crippen LogP contribution < -0.4 is 11.1 Å². The average molecular weight is 286 g/mol. The van der Waals surface area contributed by atoms with Gasteiger partial charge in [-0.3, -0.25) is 4.79 Å². The third-order valence-electron chi connectivity index (χ3n) is 3.55. The lowest BCUT2D eigenvalue weighted by atomic mass is 9.96. The monoisotopic (exact) mass is 286 g/mol. The van der Waals surface area contributed by atoms with Gasteiger partial charge in [0, 0.05) is 31.3 Å². The number of carbonyl (C=O) groups is 1. The number of aliphatic hydroxyl groups is 1. The Balaban J connectivity index is 2.08. The van der Waals surface area contributed by atoms with E-state index in [2.05, 4.69) is 5.32 Å². The zero-order valence-electron chi connectivity index (χ0n) is 11.0. The molecule has 1 aliphatic rings.